The van der Waals surface area contributed by atoms with Gasteiger partial charge in [0.15, 0.2) is 0 Å². The summed E-state index contributed by atoms with van der Waals surface area (Å²) >= 11 is 0. The first-order valence-corrected chi connectivity index (χ1v) is 9.02. The third kappa shape index (κ3) is 4.20. The highest BCUT2D eigenvalue weighted by Crippen LogP contribution is 2.32. The second-order valence-corrected chi connectivity index (χ2v) is 8.34. The lowest BCUT2D eigenvalue weighted by Gasteiger charge is -2.21. The lowest BCUT2D eigenvalue weighted by atomic mass is 9.87. The molecule has 5 heteroatoms. The van der Waals surface area contributed by atoms with Gasteiger partial charge >= 0.3 is 0 Å². The largest absolute Gasteiger partial charge is 0.492 e. The van der Waals surface area contributed by atoms with E-state index < -0.39 is 10.0 Å². The molecule has 1 fully saturated rings. The van der Waals surface area contributed by atoms with Gasteiger partial charge in [0.05, 0.1) is 6.61 Å². The molecule has 0 spiro atoms. The molecular formula is C16H25NO3S. The SMILES string of the molecule is CCCOc1ccc(C(C)(C)C)cc1S(=O)(=O)NC1CC1. The first-order chi connectivity index (χ1) is 9.74. The topological polar surface area (TPSA) is 55.4 Å². The molecular weight excluding hydrogens is 286 g/mol. The maximum absolute atomic E-state index is 12.6. The van der Waals surface area contributed by atoms with Gasteiger partial charge in [0, 0.05) is 6.04 Å². The van der Waals surface area contributed by atoms with Crippen LogP contribution < -0.4 is 9.46 Å². The Hall–Kier alpha value is -1.07. The average molecular weight is 311 g/mol. The van der Waals surface area contributed by atoms with E-state index >= 15 is 0 Å². The van der Waals surface area contributed by atoms with E-state index in [2.05, 4.69) is 25.5 Å². The highest BCUT2D eigenvalue weighted by molar-refractivity contribution is 7.89. The predicted molar refractivity (Wildman–Crippen MR) is 84.3 cm³/mol. The van der Waals surface area contributed by atoms with Gasteiger partial charge in [0.2, 0.25) is 10.0 Å². The highest BCUT2D eigenvalue weighted by Gasteiger charge is 2.30. The minimum Gasteiger partial charge on any atom is -0.492 e. The smallest absolute Gasteiger partial charge is 0.244 e. The van der Waals surface area contributed by atoms with Gasteiger partial charge < -0.3 is 4.74 Å². The Morgan fingerprint density at radius 3 is 2.48 bits per heavy atom. The van der Waals surface area contributed by atoms with Gasteiger partial charge in [-0.05, 0) is 42.4 Å². The Balaban J connectivity index is 2.41. The number of ether oxygens (including phenoxy) is 1. The maximum Gasteiger partial charge on any atom is 0.244 e. The molecule has 4 nitrogen and oxygen atoms in total. The molecule has 0 aromatic heterocycles. The number of nitrogens with one attached hydrogen (secondary N) is 1. The van der Waals surface area contributed by atoms with E-state index in [-0.39, 0.29) is 16.4 Å². The summed E-state index contributed by atoms with van der Waals surface area (Å²) in [4.78, 5) is 0.260. The van der Waals surface area contributed by atoms with Gasteiger partial charge in [-0.3, -0.25) is 0 Å². The fourth-order valence-electron chi connectivity index (χ4n) is 2.00. The number of rotatable bonds is 6. The van der Waals surface area contributed by atoms with Crippen molar-refractivity contribution in [3.05, 3.63) is 23.8 Å². The van der Waals surface area contributed by atoms with Crippen LogP contribution in [0.4, 0.5) is 0 Å². The van der Waals surface area contributed by atoms with Crippen molar-refractivity contribution in [3.63, 3.8) is 0 Å². The normalized spacial score (nSPS) is 16.0. The molecule has 0 radical (unpaired) electrons. The molecule has 21 heavy (non-hydrogen) atoms. The van der Waals surface area contributed by atoms with Crippen molar-refractivity contribution in [2.24, 2.45) is 0 Å². The Labute approximate surface area is 127 Å². The van der Waals surface area contributed by atoms with Crippen LogP contribution in [0.2, 0.25) is 0 Å². The van der Waals surface area contributed by atoms with Gasteiger partial charge in [-0.25, -0.2) is 13.1 Å². The van der Waals surface area contributed by atoms with Crippen molar-refractivity contribution >= 4 is 10.0 Å². The Kier molecular flexibility index (Phi) is 4.63. The Morgan fingerprint density at radius 1 is 1.29 bits per heavy atom. The minimum absolute atomic E-state index is 0.0901. The summed E-state index contributed by atoms with van der Waals surface area (Å²) in [7, 11) is -3.52. The Morgan fingerprint density at radius 2 is 1.95 bits per heavy atom. The maximum atomic E-state index is 12.6. The third-order valence-corrected chi connectivity index (χ3v) is 5.00. The zero-order valence-corrected chi connectivity index (χ0v) is 14.1. The van der Waals surface area contributed by atoms with Crippen LogP contribution in [-0.2, 0) is 15.4 Å². The second-order valence-electron chi connectivity index (χ2n) is 6.66. The van der Waals surface area contributed by atoms with Crippen molar-refractivity contribution < 1.29 is 13.2 Å². The summed E-state index contributed by atoms with van der Waals surface area (Å²) in [5.41, 5.74) is 0.884. The van der Waals surface area contributed by atoms with Gasteiger partial charge in [0.1, 0.15) is 10.6 Å². The van der Waals surface area contributed by atoms with Crippen LogP contribution in [0.1, 0.15) is 52.5 Å². The van der Waals surface area contributed by atoms with E-state index in [1.165, 1.54) is 0 Å². The van der Waals surface area contributed by atoms with Crippen LogP contribution in [0, 0.1) is 0 Å². The molecule has 1 aliphatic rings. The predicted octanol–water partition coefficient (Wildman–Crippen LogP) is 3.21. The molecule has 118 valence electrons. The summed E-state index contributed by atoms with van der Waals surface area (Å²) in [5.74, 6) is 0.443. The molecule has 1 aromatic carbocycles. The molecule has 2 rings (SSSR count). The molecule has 0 bridgehead atoms. The highest BCUT2D eigenvalue weighted by atomic mass is 32.2. The van der Waals surface area contributed by atoms with Gasteiger partial charge in [0.25, 0.3) is 0 Å². The molecule has 0 unspecified atom stereocenters. The van der Waals surface area contributed by atoms with Crippen molar-refractivity contribution in [2.75, 3.05) is 6.61 Å². The fourth-order valence-corrected chi connectivity index (χ4v) is 3.48. The summed E-state index contributed by atoms with van der Waals surface area (Å²) < 4.78 is 33.5. The number of sulfonamides is 1. The fraction of sp³-hybridized carbons (Fsp3) is 0.625. The first-order valence-electron chi connectivity index (χ1n) is 7.53. The molecule has 0 atom stereocenters. The summed E-state index contributed by atoms with van der Waals surface area (Å²) in [5, 5.41) is 0. The van der Waals surface area contributed by atoms with E-state index in [0.29, 0.717) is 12.4 Å². The lowest BCUT2D eigenvalue weighted by Crippen LogP contribution is -2.27. The van der Waals surface area contributed by atoms with Crippen LogP contribution in [0.15, 0.2) is 23.1 Å². The first kappa shape index (κ1) is 16.3. The van der Waals surface area contributed by atoms with E-state index in [4.69, 9.17) is 4.74 Å². The molecule has 0 saturated heterocycles. The summed E-state index contributed by atoms with van der Waals surface area (Å²) in [6.45, 7) is 8.72. The van der Waals surface area contributed by atoms with Crippen LogP contribution in [0.25, 0.3) is 0 Å². The van der Waals surface area contributed by atoms with Crippen molar-refractivity contribution in [1.82, 2.24) is 4.72 Å². The monoisotopic (exact) mass is 311 g/mol. The second kappa shape index (κ2) is 5.97. The van der Waals surface area contributed by atoms with Crippen molar-refractivity contribution in [3.8, 4) is 5.75 Å². The van der Waals surface area contributed by atoms with Crippen molar-refractivity contribution in [2.45, 2.75) is 63.3 Å². The van der Waals surface area contributed by atoms with E-state index in [9.17, 15) is 8.42 Å². The number of hydrogen-bond acceptors (Lipinski definition) is 3. The van der Waals surface area contributed by atoms with Gasteiger partial charge in [-0.15, -0.1) is 0 Å². The average Bonchev–Trinajstić information content (AvgIpc) is 3.18. The molecule has 1 N–H and O–H groups in total. The summed E-state index contributed by atoms with van der Waals surface area (Å²) in [6, 6.07) is 5.56. The van der Waals surface area contributed by atoms with Crippen molar-refractivity contribution in [1.29, 1.82) is 0 Å². The minimum atomic E-state index is -3.52. The molecule has 0 aliphatic heterocycles. The van der Waals surface area contributed by atoms with Crippen LogP contribution in [0.5, 0.6) is 5.75 Å². The quantitative estimate of drug-likeness (QED) is 0.877. The zero-order valence-electron chi connectivity index (χ0n) is 13.3. The van der Waals surface area contributed by atoms with Crippen LogP contribution in [-0.4, -0.2) is 21.1 Å². The van der Waals surface area contributed by atoms with Gasteiger partial charge in [-0.1, -0.05) is 33.8 Å². The van der Waals surface area contributed by atoms with E-state index in [0.717, 1.165) is 24.8 Å². The number of benzene rings is 1. The third-order valence-electron chi connectivity index (χ3n) is 3.46. The molecule has 1 aromatic rings. The molecule has 0 heterocycles. The standard InChI is InChI=1S/C16H25NO3S/c1-5-10-20-14-9-6-12(16(2,3)4)11-15(14)21(18,19)17-13-7-8-13/h6,9,11,13,17H,5,7-8,10H2,1-4H3. The summed E-state index contributed by atoms with van der Waals surface area (Å²) in [6.07, 6.45) is 2.68. The lowest BCUT2D eigenvalue weighted by molar-refractivity contribution is 0.308. The van der Waals surface area contributed by atoms with Gasteiger partial charge in [-0.2, -0.15) is 0 Å². The van der Waals surface area contributed by atoms with E-state index in [1.807, 2.05) is 13.0 Å². The van der Waals surface area contributed by atoms with Crippen LogP contribution in [0.3, 0.4) is 0 Å². The number of hydrogen-bond donors (Lipinski definition) is 1. The molecule has 1 saturated carbocycles. The zero-order chi connectivity index (χ0) is 15.7. The Bertz CT molecular complexity index is 598. The molecule has 0 amide bonds. The van der Waals surface area contributed by atoms with E-state index in [1.54, 1.807) is 12.1 Å². The van der Waals surface area contributed by atoms with Crippen LogP contribution >= 0.6 is 0 Å². The molecule has 1 aliphatic carbocycles.